The van der Waals surface area contributed by atoms with Crippen molar-refractivity contribution in [3.8, 4) is 0 Å². The third-order valence-electron chi connectivity index (χ3n) is 4.76. The van der Waals surface area contributed by atoms with E-state index in [1.165, 1.54) is 23.5 Å². The molecule has 2 amide bonds. The fourth-order valence-electron chi connectivity index (χ4n) is 2.98. The van der Waals surface area contributed by atoms with Gasteiger partial charge in [0.25, 0.3) is 11.8 Å². The molecule has 3 rings (SSSR count). The Morgan fingerprint density at radius 2 is 1.71 bits per heavy atom. The number of carbonyl (C=O) groups is 2. The highest BCUT2D eigenvalue weighted by Gasteiger charge is 2.16. The smallest absolute Gasteiger partial charge is 0.267 e. The van der Waals surface area contributed by atoms with Crippen LogP contribution in [0, 0.1) is 13.8 Å². The van der Waals surface area contributed by atoms with Crippen LogP contribution in [0.25, 0.3) is 6.08 Å². The standard InChI is InChI=1S/C25H26N2O3S/c1-18-8-3-5-10-20(18)17-31-15-13-26-25(29)23(16-21-11-7-14-30-21)27-24(28)22-12-6-4-9-19(22)2/h3-12,14,16H,13,15,17H2,1-2H3,(H,26,29)(H,27,28)/b23-16-. The lowest BCUT2D eigenvalue weighted by Gasteiger charge is -2.12. The maximum Gasteiger partial charge on any atom is 0.267 e. The molecule has 1 aromatic heterocycles. The fourth-order valence-corrected chi connectivity index (χ4v) is 3.91. The molecule has 0 saturated heterocycles. The van der Waals surface area contributed by atoms with E-state index in [0.29, 0.717) is 17.9 Å². The van der Waals surface area contributed by atoms with Crippen molar-refractivity contribution in [2.24, 2.45) is 0 Å². The van der Waals surface area contributed by atoms with Crippen molar-refractivity contribution in [2.45, 2.75) is 19.6 Å². The average Bonchev–Trinajstić information content (AvgIpc) is 3.27. The van der Waals surface area contributed by atoms with Crippen LogP contribution in [0.5, 0.6) is 0 Å². The van der Waals surface area contributed by atoms with Crippen molar-refractivity contribution in [2.75, 3.05) is 12.3 Å². The number of furan rings is 1. The summed E-state index contributed by atoms with van der Waals surface area (Å²) in [6, 6.07) is 19.0. The van der Waals surface area contributed by atoms with E-state index < -0.39 is 0 Å². The highest BCUT2D eigenvalue weighted by atomic mass is 32.2. The first-order valence-corrected chi connectivity index (χ1v) is 11.2. The lowest BCUT2D eigenvalue weighted by Crippen LogP contribution is -2.36. The summed E-state index contributed by atoms with van der Waals surface area (Å²) in [6.45, 7) is 4.45. The Morgan fingerprint density at radius 1 is 0.968 bits per heavy atom. The Kier molecular flexibility index (Phi) is 8.12. The number of rotatable bonds is 9. The molecular weight excluding hydrogens is 408 g/mol. The number of benzene rings is 2. The predicted octanol–water partition coefficient (Wildman–Crippen LogP) is 4.72. The lowest BCUT2D eigenvalue weighted by molar-refractivity contribution is -0.117. The molecule has 0 bridgehead atoms. The molecule has 160 valence electrons. The van der Waals surface area contributed by atoms with Gasteiger partial charge in [0.2, 0.25) is 0 Å². The molecule has 0 aliphatic carbocycles. The number of aryl methyl sites for hydroxylation is 2. The summed E-state index contributed by atoms with van der Waals surface area (Å²) >= 11 is 1.75. The molecule has 0 atom stereocenters. The van der Waals surface area contributed by atoms with Gasteiger partial charge in [-0.1, -0.05) is 42.5 Å². The Balaban J connectivity index is 1.59. The van der Waals surface area contributed by atoms with Gasteiger partial charge in [-0.2, -0.15) is 11.8 Å². The largest absolute Gasteiger partial charge is 0.465 e. The summed E-state index contributed by atoms with van der Waals surface area (Å²) in [6.07, 6.45) is 3.05. The van der Waals surface area contributed by atoms with Gasteiger partial charge in [0.1, 0.15) is 11.5 Å². The van der Waals surface area contributed by atoms with E-state index in [0.717, 1.165) is 17.1 Å². The molecule has 6 heteroatoms. The van der Waals surface area contributed by atoms with E-state index in [-0.39, 0.29) is 17.5 Å². The first-order valence-electron chi connectivity index (χ1n) is 10.1. The van der Waals surface area contributed by atoms with Crippen LogP contribution in [0.2, 0.25) is 0 Å². The molecular formula is C25H26N2O3S. The van der Waals surface area contributed by atoms with Crippen molar-refractivity contribution in [1.82, 2.24) is 10.6 Å². The van der Waals surface area contributed by atoms with E-state index in [2.05, 4.69) is 29.7 Å². The Bertz CT molecular complexity index is 1060. The van der Waals surface area contributed by atoms with Crippen LogP contribution < -0.4 is 10.6 Å². The van der Waals surface area contributed by atoms with E-state index in [1.54, 1.807) is 36.0 Å². The van der Waals surface area contributed by atoms with E-state index in [9.17, 15) is 9.59 Å². The first kappa shape index (κ1) is 22.4. The van der Waals surface area contributed by atoms with Gasteiger partial charge in [0, 0.05) is 29.7 Å². The molecule has 0 unspecified atom stereocenters. The zero-order chi connectivity index (χ0) is 22.1. The number of amides is 2. The van der Waals surface area contributed by atoms with Crippen LogP contribution in [0.15, 0.2) is 77.0 Å². The van der Waals surface area contributed by atoms with Crippen LogP contribution in [-0.4, -0.2) is 24.1 Å². The SMILES string of the molecule is Cc1ccccc1CSCCNC(=O)/C(=C/c1ccco1)NC(=O)c1ccccc1C. The number of nitrogens with one attached hydrogen (secondary N) is 2. The van der Waals surface area contributed by atoms with E-state index in [4.69, 9.17) is 4.42 Å². The molecule has 3 aromatic rings. The second-order valence-electron chi connectivity index (χ2n) is 7.08. The lowest BCUT2D eigenvalue weighted by atomic mass is 10.1. The van der Waals surface area contributed by atoms with Gasteiger partial charge in [-0.3, -0.25) is 9.59 Å². The molecule has 0 aliphatic heterocycles. The highest BCUT2D eigenvalue weighted by molar-refractivity contribution is 7.98. The van der Waals surface area contributed by atoms with Gasteiger partial charge >= 0.3 is 0 Å². The van der Waals surface area contributed by atoms with Gasteiger partial charge in [0.05, 0.1) is 6.26 Å². The van der Waals surface area contributed by atoms with Gasteiger partial charge in [0.15, 0.2) is 0 Å². The van der Waals surface area contributed by atoms with Crippen molar-refractivity contribution >= 4 is 29.7 Å². The second kappa shape index (κ2) is 11.2. The third kappa shape index (κ3) is 6.62. The number of hydrogen-bond donors (Lipinski definition) is 2. The molecule has 2 N–H and O–H groups in total. The fraction of sp³-hybridized carbons (Fsp3) is 0.200. The van der Waals surface area contributed by atoms with Crippen LogP contribution in [0.4, 0.5) is 0 Å². The van der Waals surface area contributed by atoms with Crippen molar-refractivity contribution in [3.05, 3.63) is 101 Å². The maximum absolute atomic E-state index is 12.8. The Morgan fingerprint density at radius 3 is 2.42 bits per heavy atom. The monoisotopic (exact) mass is 434 g/mol. The predicted molar refractivity (Wildman–Crippen MR) is 126 cm³/mol. The van der Waals surface area contributed by atoms with Crippen molar-refractivity contribution in [3.63, 3.8) is 0 Å². The minimum Gasteiger partial charge on any atom is -0.465 e. The summed E-state index contributed by atoms with van der Waals surface area (Å²) in [5, 5.41) is 5.61. The first-order chi connectivity index (χ1) is 15.0. The minimum atomic E-state index is -0.352. The van der Waals surface area contributed by atoms with E-state index >= 15 is 0 Å². The van der Waals surface area contributed by atoms with Gasteiger partial charge in [-0.25, -0.2) is 0 Å². The topological polar surface area (TPSA) is 71.3 Å². The molecule has 1 heterocycles. The third-order valence-corrected chi connectivity index (χ3v) is 5.77. The number of thioether (sulfide) groups is 1. The molecule has 0 saturated carbocycles. The molecule has 0 aliphatic rings. The Labute approximate surface area is 186 Å². The summed E-state index contributed by atoms with van der Waals surface area (Å²) in [7, 11) is 0. The molecule has 31 heavy (non-hydrogen) atoms. The Hall–Kier alpha value is -3.25. The van der Waals surface area contributed by atoms with Crippen LogP contribution in [0.3, 0.4) is 0 Å². The quantitative estimate of drug-likeness (QED) is 0.378. The number of hydrogen-bond acceptors (Lipinski definition) is 4. The second-order valence-corrected chi connectivity index (χ2v) is 8.18. The summed E-state index contributed by atoms with van der Waals surface area (Å²) < 4.78 is 5.32. The van der Waals surface area contributed by atoms with Crippen molar-refractivity contribution in [1.29, 1.82) is 0 Å². The van der Waals surface area contributed by atoms with Gasteiger partial charge in [-0.15, -0.1) is 0 Å². The zero-order valence-corrected chi connectivity index (χ0v) is 18.5. The van der Waals surface area contributed by atoms with Crippen LogP contribution in [-0.2, 0) is 10.5 Å². The molecule has 0 radical (unpaired) electrons. The summed E-state index contributed by atoms with van der Waals surface area (Å²) in [5.74, 6) is 1.46. The molecule has 0 spiro atoms. The molecule has 0 fully saturated rings. The highest BCUT2D eigenvalue weighted by Crippen LogP contribution is 2.15. The van der Waals surface area contributed by atoms with Crippen LogP contribution >= 0.6 is 11.8 Å². The summed E-state index contributed by atoms with van der Waals surface area (Å²) in [5.41, 5.74) is 4.07. The molecule has 2 aromatic carbocycles. The number of carbonyl (C=O) groups excluding carboxylic acids is 2. The average molecular weight is 435 g/mol. The molecule has 5 nitrogen and oxygen atoms in total. The van der Waals surface area contributed by atoms with Gasteiger partial charge < -0.3 is 15.1 Å². The van der Waals surface area contributed by atoms with Gasteiger partial charge in [-0.05, 0) is 48.7 Å². The zero-order valence-electron chi connectivity index (χ0n) is 17.7. The summed E-state index contributed by atoms with van der Waals surface area (Å²) in [4.78, 5) is 25.5. The maximum atomic E-state index is 12.8. The van der Waals surface area contributed by atoms with Crippen molar-refractivity contribution < 1.29 is 14.0 Å². The minimum absolute atomic E-state index is 0.145. The normalized spacial score (nSPS) is 11.2. The van der Waals surface area contributed by atoms with Crippen LogP contribution in [0.1, 0.15) is 32.8 Å². The van der Waals surface area contributed by atoms with E-state index in [1.807, 2.05) is 31.2 Å².